The Hall–Kier alpha value is -1.16. The highest BCUT2D eigenvalue weighted by atomic mass is 79.9. The molecule has 0 aromatic heterocycles. The lowest BCUT2D eigenvalue weighted by atomic mass is 9.81. The quantitative estimate of drug-likeness (QED) is 0.457. The summed E-state index contributed by atoms with van der Waals surface area (Å²) in [5.41, 5.74) is 1.82. The number of halogens is 1. The summed E-state index contributed by atoms with van der Waals surface area (Å²) in [6.07, 6.45) is 3.34. The molecule has 1 atom stereocenters. The van der Waals surface area contributed by atoms with Gasteiger partial charge in [0, 0.05) is 6.42 Å². The van der Waals surface area contributed by atoms with E-state index in [9.17, 15) is 9.59 Å². The number of Topliss-reactive ketones (excluding diaryl/α,β-unsaturated/α-hetero) is 1. The molecule has 1 unspecified atom stereocenters. The smallest absolute Gasteiger partial charge is 0.316 e. The SMILES string of the molecule is CC(C)(C)C(=O)Oc1cccc2c1CCC(CC(=O)CBr)C2. The number of alkyl halides is 1. The van der Waals surface area contributed by atoms with Gasteiger partial charge in [0.2, 0.25) is 0 Å². The van der Waals surface area contributed by atoms with E-state index in [1.54, 1.807) is 0 Å². The first-order chi connectivity index (χ1) is 10.3. The minimum absolute atomic E-state index is 0.211. The lowest BCUT2D eigenvalue weighted by molar-refractivity contribution is -0.143. The van der Waals surface area contributed by atoms with Gasteiger partial charge in [-0.2, -0.15) is 0 Å². The molecule has 1 aliphatic carbocycles. The van der Waals surface area contributed by atoms with Gasteiger partial charge in [0.05, 0.1) is 10.7 Å². The fourth-order valence-corrected chi connectivity index (χ4v) is 2.98. The van der Waals surface area contributed by atoms with E-state index in [-0.39, 0.29) is 11.8 Å². The second kappa shape index (κ2) is 6.95. The Morgan fingerprint density at radius 2 is 2.05 bits per heavy atom. The number of esters is 1. The molecule has 4 heteroatoms. The van der Waals surface area contributed by atoms with Gasteiger partial charge in [0.15, 0.2) is 0 Å². The van der Waals surface area contributed by atoms with Crippen LogP contribution in [-0.4, -0.2) is 17.1 Å². The molecule has 0 saturated heterocycles. The Labute approximate surface area is 140 Å². The topological polar surface area (TPSA) is 43.4 Å². The lowest BCUT2D eigenvalue weighted by Crippen LogP contribution is -2.26. The first kappa shape index (κ1) is 17.2. The van der Waals surface area contributed by atoms with Crippen LogP contribution in [0.4, 0.5) is 0 Å². The van der Waals surface area contributed by atoms with E-state index < -0.39 is 5.41 Å². The number of hydrogen-bond donors (Lipinski definition) is 0. The highest BCUT2D eigenvalue weighted by Crippen LogP contribution is 2.34. The van der Waals surface area contributed by atoms with Crippen LogP contribution in [0.25, 0.3) is 0 Å². The van der Waals surface area contributed by atoms with Crippen LogP contribution in [0.15, 0.2) is 18.2 Å². The third kappa shape index (κ3) is 4.19. The molecule has 0 heterocycles. The van der Waals surface area contributed by atoms with Crippen LogP contribution in [0.5, 0.6) is 5.75 Å². The number of carbonyl (C=O) groups is 2. The van der Waals surface area contributed by atoms with Crippen LogP contribution >= 0.6 is 15.9 Å². The molecular formula is C18H23BrO3. The molecular weight excluding hydrogens is 344 g/mol. The normalized spacial score (nSPS) is 17.7. The summed E-state index contributed by atoms with van der Waals surface area (Å²) in [5.74, 6) is 1.12. The van der Waals surface area contributed by atoms with Crippen LogP contribution in [0, 0.1) is 11.3 Å². The Morgan fingerprint density at radius 3 is 2.68 bits per heavy atom. The van der Waals surface area contributed by atoms with E-state index in [0.29, 0.717) is 23.4 Å². The number of rotatable bonds is 4. The van der Waals surface area contributed by atoms with Gasteiger partial charge in [0.25, 0.3) is 0 Å². The molecule has 0 saturated carbocycles. The first-order valence-electron chi connectivity index (χ1n) is 7.72. The zero-order valence-electron chi connectivity index (χ0n) is 13.4. The van der Waals surface area contributed by atoms with Gasteiger partial charge in [-0.05, 0) is 63.1 Å². The molecule has 0 amide bonds. The van der Waals surface area contributed by atoms with Crippen molar-refractivity contribution < 1.29 is 14.3 Å². The summed E-state index contributed by atoms with van der Waals surface area (Å²) in [4.78, 5) is 23.7. The standard InChI is InChI=1S/C18H23BrO3/c1-18(2,3)17(21)22-16-6-4-5-13-9-12(7-8-15(13)16)10-14(20)11-19/h4-6,12H,7-11H2,1-3H3. The van der Waals surface area contributed by atoms with E-state index in [1.165, 1.54) is 5.56 Å². The molecule has 1 aromatic carbocycles. The van der Waals surface area contributed by atoms with Crippen LogP contribution in [0.2, 0.25) is 0 Å². The number of hydrogen-bond acceptors (Lipinski definition) is 3. The molecule has 0 aliphatic heterocycles. The van der Waals surface area contributed by atoms with Gasteiger partial charge in [-0.1, -0.05) is 28.1 Å². The summed E-state index contributed by atoms with van der Waals surface area (Å²) < 4.78 is 5.60. The predicted octanol–water partition coefficient (Wildman–Crippen LogP) is 4.10. The molecule has 2 rings (SSSR count). The van der Waals surface area contributed by atoms with Crippen molar-refractivity contribution in [3.8, 4) is 5.75 Å². The number of ketones is 1. The Kier molecular flexibility index (Phi) is 5.43. The third-order valence-corrected chi connectivity index (χ3v) is 4.65. The number of ether oxygens (including phenoxy) is 1. The van der Waals surface area contributed by atoms with Gasteiger partial charge >= 0.3 is 5.97 Å². The minimum Gasteiger partial charge on any atom is -0.426 e. The van der Waals surface area contributed by atoms with E-state index >= 15 is 0 Å². The van der Waals surface area contributed by atoms with Crippen molar-refractivity contribution in [3.05, 3.63) is 29.3 Å². The minimum atomic E-state index is -0.512. The highest BCUT2D eigenvalue weighted by molar-refractivity contribution is 9.09. The molecule has 120 valence electrons. The maximum absolute atomic E-state index is 12.1. The summed E-state index contributed by atoms with van der Waals surface area (Å²) >= 11 is 3.22. The first-order valence-corrected chi connectivity index (χ1v) is 8.84. The van der Waals surface area contributed by atoms with Crippen molar-refractivity contribution in [2.45, 2.75) is 46.5 Å². The largest absolute Gasteiger partial charge is 0.426 e. The van der Waals surface area contributed by atoms with Gasteiger partial charge in [-0.25, -0.2) is 0 Å². The summed E-state index contributed by atoms with van der Waals surface area (Å²) in [7, 11) is 0. The third-order valence-electron chi connectivity index (χ3n) is 4.02. The van der Waals surface area contributed by atoms with Crippen molar-refractivity contribution in [2.24, 2.45) is 11.3 Å². The van der Waals surface area contributed by atoms with Crippen LogP contribution < -0.4 is 4.74 Å². The predicted molar refractivity (Wildman–Crippen MR) is 90.5 cm³/mol. The van der Waals surface area contributed by atoms with E-state index in [4.69, 9.17) is 4.74 Å². The van der Waals surface area contributed by atoms with E-state index in [0.717, 1.165) is 24.8 Å². The molecule has 0 bridgehead atoms. The summed E-state index contributed by atoms with van der Waals surface area (Å²) in [6.45, 7) is 5.56. The van der Waals surface area contributed by atoms with Crippen LogP contribution in [0.1, 0.15) is 44.7 Å². The fourth-order valence-electron chi connectivity index (χ4n) is 2.75. The summed E-state index contributed by atoms with van der Waals surface area (Å²) in [5, 5.41) is 0.430. The van der Waals surface area contributed by atoms with Crippen molar-refractivity contribution in [1.82, 2.24) is 0 Å². The van der Waals surface area contributed by atoms with E-state index in [1.807, 2.05) is 32.9 Å². The molecule has 1 aliphatic rings. The Balaban J connectivity index is 2.14. The van der Waals surface area contributed by atoms with Crippen LogP contribution in [0.3, 0.4) is 0 Å². The molecule has 0 spiro atoms. The van der Waals surface area contributed by atoms with Crippen molar-refractivity contribution in [2.75, 3.05) is 5.33 Å². The zero-order valence-corrected chi connectivity index (χ0v) is 15.0. The molecule has 22 heavy (non-hydrogen) atoms. The molecule has 0 fully saturated rings. The molecule has 0 radical (unpaired) electrons. The second-order valence-corrected chi connectivity index (χ2v) is 7.58. The maximum atomic E-state index is 12.1. The molecule has 1 aromatic rings. The maximum Gasteiger partial charge on any atom is 0.316 e. The van der Waals surface area contributed by atoms with E-state index in [2.05, 4.69) is 22.0 Å². The Morgan fingerprint density at radius 1 is 1.32 bits per heavy atom. The average Bonchev–Trinajstić information content (AvgIpc) is 2.46. The number of carbonyl (C=O) groups excluding carboxylic acids is 2. The number of benzene rings is 1. The van der Waals surface area contributed by atoms with Crippen LogP contribution in [-0.2, 0) is 22.4 Å². The second-order valence-electron chi connectivity index (χ2n) is 7.02. The fraction of sp³-hybridized carbons (Fsp3) is 0.556. The Bertz CT molecular complexity index is 572. The lowest BCUT2D eigenvalue weighted by Gasteiger charge is -2.26. The van der Waals surface area contributed by atoms with Crippen molar-refractivity contribution >= 4 is 27.7 Å². The van der Waals surface area contributed by atoms with Gasteiger partial charge < -0.3 is 4.74 Å². The van der Waals surface area contributed by atoms with Gasteiger partial charge in [-0.3, -0.25) is 9.59 Å². The van der Waals surface area contributed by atoms with Crippen molar-refractivity contribution in [1.29, 1.82) is 0 Å². The van der Waals surface area contributed by atoms with Gasteiger partial charge in [0.1, 0.15) is 11.5 Å². The molecule has 3 nitrogen and oxygen atoms in total. The summed E-state index contributed by atoms with van der Waals surface area (Å²) in [6, 6.07) is 5.87. The monoisotopic (exact) mass is 366 g/mol. The average molecular weight is 367 g/mol. The number of fused-ring (bicyclic) bond motifs is 1. The van der Waals surface area contributed by atoms with Gasteiger partial charge in [-0.15, -0.1) is 0 Å². The highest BCUT2D eigenvalue weighted by Gasteiger charge is 2.27. The zero-order chi connectivity index (χ0) is 16.3. The van der Waals surface area contributed by atoms with Crippen molar-refractivity contribution in [3.63, 3.8) is 0 Å². The molecule has 0 N–H and O–H groups in total.